The maximum atomic E-state index is 12.5. The van der Waals surface area contributed by atoms with Gasteiger partial charge >= 0.3 is 6.03 Å². The standard InChI is InChI=1S/C31H34N2O7/c1-20-18-33(30(36)32-28(20)35)29-27(34)17-26(40-29)19-39-31(21-7-5-4-6-8-21,22-9-13-24(37-2)14-10-22)23-11-15-25(38-3)16-12-23/h4-16,20,26-27,29,34H,17-19H2,1-3H3,(H,32,35,36)/t20?,26-,27-,29+/m0/s1. The van der Waals surface area contributed by atoms with Gasteiger partial charge in [0.2, 0.25) is 5.91 Å². The Bertz CT molecular complexity index is 1270. The lowest BCUT2D eigenvalue weighted by molar-refractivity contribution is -0.132. The van der Waals surface area contributed by atoms with E-state index < -0.39 is 36.0 Å². The number of nitrogens with one attached hydrogen (secondary N) is 1. The predicted molar refractivity (Wildman–Crippen MR) is 147 cm³/mol. The number of urea groups is 1. The molecule has 3 aromatic carbocycles. The van der Waals surface area contributed by atoms with Crippen molar-refractivity contribution in [3.05, 3.63) is 95.6 Å². The molecular formula is C31H34N2O7. The Hall–Kier alpha value is -3.92. The topological polar surface area (TPSA) is 107 Å². The van der Waals surface area contributed by atoms with Gasteiger partial charge in [0.1, 0.15) is 23.2 Å². The number of aliphatic hydroxyl groups excluding tert-OH is 1. The first-order valence-electron chi connectivity index (χ1n) is 13.3. The van der Waals surface area contributed by atoms with Crippen LogP contribution in [0.25, 0.3) is 0 Å². The zero-order valence-electron chi connectivity index (χ0n) is 22.8. The van der Waals surface area contributed by atoms with Crippen molar-refractivity contribution in [3.63, 3.8) is 0 Å². The summed E-state index contributed by atoms with van der Waals surface area (Å²) in [6.45, 7) is 2.03. The molecule has 40 heavy (non-hydrogen) atoms. The van der Waals surface area contributed by atoms with Gasteiger partial charge < -0.3 is 24.1 Å². The van der Waals surface area contributed by atoms with E-state index in [1.807, 2.05) is 78.9 Å². The van der Waals surface area contributed by atoms with Crippen LogP contribution in [0.5, 0.6) is 11.5 Å². The van der Waals surface area contributed by atoms with Gasteiger partial charge in [0.25, 0.3) is 0 Å². The number of benzene rings is 3. The number of amides is 3. The van der Waals surface area contributed by atoms with Crippen LogP contribution in [0.1, 0.15) is 30.0 Å². The molecule has 2 aliphatic rings. The molecule has 1 unspecified atom stereocenters. The van der Waals surface area contributed by atoms with E-state index >= 15 is 0 Å². The monoisotopic (exact) mass is 546 g/mol. The van der Waals surface area contributed by atoms with E-state index in [4.69, 9.17) is 18.9 Å². The van der Waals surface area contributed by atoms with Crippen LogP contribution in [0.4, 0.5) is 4.79 Å². The highest BCUT2D eigenvalue weighted by molar-refractivity contribution is 5.97. The zero-order chi connectivity index (χ0) is 28.3. The Balaban J connectivity index is 1.48. The summed E-state index contributed by atoms with van der Waals surface area (Å²) in [5.41, 5.74) is 1.63. The molecule has 2 aliphatic heterocycles. The second-order valence-corrected chi connectivity index (χ2v) is 10.1. The average Bonchev–Trinajstić information content (AvgIpc) is 3.36. The summed E-state index contributed by atoms with van der Waals surface area (Å²) >= 11 is 0. The maximum Gasteiger partial charge on any atom is 0.326 e. The smallest absolute Gasteiger partial charge is 0.326 e. The molecule has 0 aromatic heterocycles. The van der Waals surface area contributed by atoms with Crippen molar-refractivity contribution in [1.29, 1.82) is 0 Å². The van der Waals surface area contributed by atoms with Gasteiger partial charge in [-0.15, -0.1) is 0 Å². The first kappa shape index (κ1) is 27.6. The van der Waals surface area contributed by atoms with Crippen molar-refractivity contribution in [3.8, 4) is 11.5 Å². The quantitative estimate of drug-likeness (QED) is 0.395. The van der Waals surface area contributed by atoms with Gasteiger partial charge in [-0.1, -0.05) is 61.5 Å². The molecule has 0 radical (unpaired) electrons. The molecule has 0 saturated carbocycles. The predicted octanol–water partition coefficient (Wildman–Crippen LogP) is 3.68. The molecule has 4 atom stereocenters. The third-order valence-electron chi connectivity index (χ3n) is 7.54. The molecule has 210 valence electrons. The van der Waals surface area contributed by atoms with Crippen LogP contribution in [0, 0.1) is 5.92 Å². The molecule has 9 nitrogen and oxygen atoms in total. The molecule has 2 heterocycles. The lowest BCUT2D eigenvalue weighted by atomic mass is 9.80. The number of rotatable bonds is 9. The SMILES string of the molecule is COc1ccc(C(OC[C@@H]2C[C@H](O)[C@H](N3CC(C)C(=O)NC3=O)O2)(c2ccccc2)c2ccc(OC)cc2)cc1. The van der Waals surface area contributed by atoms with E-state index in [2.05, 4.69) is 5.32 Å². The number of methoxy groups -OCH3 is 2. The molecule has 3 aromatic rings. The fraction of sp³-hybridized carbons (Fsp3) is 0.355. The van der Waals surface area contributed by atoms with Gasteiger partial charge in [-0.25, -0.2) is 4.79 Å². The van der Waals surface area contributed by atoms with E-state index in [0.29, 0.717) is 0 Å². The van der Waals surface area contributed by atoms with Gasteiger partial charge in [0, 0.05) is 13.0 Å². The molecule has 0 bridgehead atoms. The van der Waals surface area contributed by atoms with E-state index in [0.717, 1.165) is 28.2 Å². The van der Waals surface area contributed by atoms with Crippen LogP contribution < -0.4 is 14.8 Å². The van der Waals surface area contributed by atoms with Crippen molar-refractivity contribution in [2.24, 2.45) is 5.92 Å². The molecule has 2 N–H and O–H groups in total. The largest absolute Gasteiger partial charge is 0.497 e. The van der Waals surface area contributed by atoms with Gasteiger partial charge in [0.15, 0.2) is 6.23 Å². The number of carbonyl (C=O) groups excluding carboxylic acids is 2. The van der Waals surface area contributed by atoms with Crippen molar-refractivity contribution < 1.29 is 33.6 Å². The Labute approximate surface area is 233 Å². The first-order valence-corrected chi connectivity index (χ1v) is 13.3. The average molecular weight is 547 g/mol. The Morgan fingerprint density at radius 1 is 0.900 bits per heavy atom. The molecule has 0 aliphatic carbocycles. The lowest BCUT2D eigenvalue weighted by Gasteiger charge is -2.37. The number of hydrogen-bond donors (Lipinski definition) is 2. The number of aliphatic hydroxyl groups is 1. The molecular weight excluding hydrogens is 512 g/mol. The Kier molecular flexibility index (Phi) is 8.07. The summed E-state index contributed by atoms with van der Waals surface area (Å²) in [5, 5.41) is 13.2. The minimum absolute atomic E-state index is 0.129. The third kappa shape index (κ3) is 5.28. The van der Waals surface area contributed by atoms with Gasteiger partial charge in [-0.05, 0) is 41.0 Å². The highest BCUT2D eigenvalue weighted by Crippen LogP contribution is 2.42. The van der Waals surface area contributed by atoms with Crippen molar-refractivity contribution in [1.82, 2.24) is 10.2 Å². The Morgan fingerprint density at radius 3 is 2.00 bits per heavy atom. The van der Waals surface area contributed by atoms with Crippen LogP contribution in [-0.2, 0) is 19.9 Å². The molecule has 2 saturated heterocycles. The summed E-state index contributed by atoms with van der Waals surface area (Å²) in [7, 11) is 3.25. The summed E-state index contributed by atoms with van der Waals surface area (Å²) in [6, 6.07) is 24.8. The van der Waals surface area contributed by atoms with E-state index in [-0.39, 0.29) is 25.5 Å². The van der Waals surface area contributed by atoms with Crippen molar-refractivity contribution in [2.75, 3.05) is 27.4 Å². The molecule has 2 fully saturated rings. The van der Waals surface area contributed by atoms with Crippen LogP contribution in [0.2, 0.25) is 0 Å². The van der Waals surface area contributed by atoms with E-state index in [9.17, 15) is 14.7 Å². The minimum atomic E-state index is -1.03. The number of ether oxygens (including phenoxy) is 4. The Morgan fingerprint density at radius 2 is 1.45 bits per heavy atom. The van der Waals surface area contributed by atoms with Crippen molar-refractivity contribution in [2.45, 2.75) is 37.4 Å². The first-order chi connectivity index (χ1) is 19.3. The molecule has 9 heteroatoms. The van der Waals surface area contributed by atoms with Gasteiger partial charge in [-0.3, -0.25) is 15.0 Å². The highest BCUT2D eigenvalue weighted by atomic mass is 16.6. The van der Waals surface area contributed by atoms with Crippen LogP contribution >= 0.6 is 0 Å². The third-order valence-corrected chi connectivity index (χ3v) is 7.54. The molecule has 5 rings (SSSR count). The summed E-state index contributed by atoms with van der Waals surface area (Å²) in [6.07, 6.45) is -2.03. The summed E-state index contributed by atoms with van der Waals surface area (Å²) in [5.74, 6) is 0.705. The number of nitrogens with zero attached hydrogens (tertiary/aromatic N) is 1. The molecule has 3 amide bonds. The molecule has 0 spiro atoms. The number of imide groups is 1. The second-order valence-electron chi connectivity index (χ2n) is 10.1. The number of carbonyl (C=O) groups is 2. The normalized spacial score (nSPS) is 23.1. The summed E-state index contributed by atoms with van der Waals surface area (Å²) in [4.78, 5) is 25.8. The van der Waals surface area contributed by atoms with Gasteiger partial charge in [0.05, 0.1) is 32.8 Å². The number of hydrogen-bond acceptors (Lipinski definition) is 7. The fourth-order valence-electron chi connectivity index (χ4n) is 5.39. The van der Waals surface area contributed by atoms with Crippen molar-refractivity contribution >= 4 is 11.9 Å². The highest BCUT2D eigenvalue weighted by Gasteiger charge is 2.45. The van der Waals surface area contributed by atoms with Crippen LogP contribution in [0.3, 0.4) is 0 Å². The van der Waals surface area contributed by atoms with E-state index in [1.54, 1.807) is 21.1 Å². The maximum absolute atomic E-state index is 12.5. The minimum Gasteiger partial charge on any atom is -0.497 e. The second kappa shape index (κ2) is 11.7. The van der Waals surface area contributed by atoms with Crippen LogP contribution in [0.15, 0.2) is 78.9 Å². The fourth-order valence-corrected chi connectivity index (χ4v) is 5.39. The zero-order valence-corrected chi connectivity index (χ0v) is 22.8. The summed E-state index contributed by atoms with van der Waals surface area (Å²) < 4.78 is 23.9. The lowest BCUT2D eigenvalue weighted by Crippen LogP contribution is -2.59. The van der Waals surface area contributed by atoms with E-state index in [1.165, 1.54) is 4.90 Å². The van der Waals surface area contributed by atoms with Gasteiger partial charge in [-0.2, -0.15) is 0 Å². The van der Waals surface area contributed by atoms with Crippen LogP contribution in [-0.4, -0.2) is 67.8 Å².